The molecule has 6 heteroatoms. The van der Waals surface area contributed by atoms with Crippen molar-refractivity contribution in [1.82, 2.24) is 9.47 Å². The van der Waals surface area contributed by atoms with Gasteiger partial charge in [0, 0.05) is 11.9 Å². The fraction of sp³-hybridized carbons (Fsp3) is 0.412. The lowest BCUT2D eigenvalue weighted by atomic mass is 10.0. The third kappa shape index (κ3) is 2.76. The fourth-order valence-corrected chi connectivity index (χ4v) is 3.05. The molecule has 3 rings (SSSR count). The lowest BCUT2D eigenvalue weighted by Gasteiger charge is -2.30. The second kappa shape index (κ2) is 5.30. The highest BCUT2D eigenvalue weighted by Crippen LogP contribution is 2.31. The monoisotopic (exact) mass is 315 g/mol. The first-order valence-electron chi connectivity index (χ1n) is 7.67. The Hall–Kier alpha value is -2.50. The lowest BCUT2D eigenvalue weighted by Crippen LogP contribution is -2.41. The second-order valence-corrected chi connectivity index (χ2v) is 6.77. The summed E-state index contributed by atoms with van der Waals surface area (Å²) in [5.74, 6) is 0. The van der Waals surface area contributed by atoms with E-state index in [0.29, 0.717) is 19.5 Å². The molecule has 0 aliphatic carbocycles. The van der Waals surface area contributed by atoms with Crippen LogP contribution in [0.4, 0.5) is 9.59 Å². The zero-order chi connectivity index (χ0) is 16.8. The molecule has 2 aromatic rings. The molecule has 0 fully saturated rings. The first-order chi connectivity index (χ1) is 10.8. The van der Waals surface area contributed by atoms with Crippen LogP contribution in [0.2, 0.25) is 0 Å². The quantitative estimate of drug-likeness (QED) is 0.812. The molecule has 0 spiro atoms. The Kier molecular flexibility index (Phi) is 3.55. The summed E-state index contributed by atoms with van der Waals surface area (Å²) in [6.07, 6.45) is 0.305. The van der Waals surface area contributed by atoms with Crippen LogP contribution in [0, 0.1) is 0 Å². The third-order valence-electron chi connectivity index (χ3n) is 3.93. The van der Waals surface area contributed by atoms with Gasteiger partial charge in [-0.05, 0) is 38.8 Å². The fourth-order valence-electron chi connectivity index (χ4n) is 3.05. The van der Waals surface area contributed by atoms with Crippen molar-refractivity contribution in [3.8, 4) is 0 Å². The number of rotatable bonds is 0. The average molecular weight is 315 g/mol. The van der Waals surface area contributed by atoms with Crippen LogP contribution in [-0.4, -0.2) is 33.7 Å². The minimum atomic E-state index is -0.548. The number of hydrogen-bond acceptors (Lipinski definition) is 3. The number of hydrogen-bond donors (Lipinski definition) is 1. The van der Waals surface area contributed by atoms with Gasteiger partial charge in [-0.3, -0.25) is 4.57 Å². The number of ether oxygens (including phenoxy) is 1. The van der Waals surface area contributed by atoms with Gasteiger partial charge in [0.25, 0.3) is 0 Å². The maximum atomic E-state index is 12.3. The molecular formula is C17H21N3O3. The Morgan fingerprint density at radius 3 is 2.57 bits per heavy atom. The molecule has 122 valence electrons. The van der Waals surface area contributed by atoms with Gasteiger partial charge < -0.3 is 15.4 Å². The average Bonchev–Trinajstić information content (AvgIpc) is 2.79. The van der Waals surface area contributed by atoms with Crippen LogP contribution in [0.25, 0.3) is 10.9 Å². The second-order valence-electron chi connectivity index (χ2n) is 6.77. The van der Waals surface area contributed by atoms with Crippen molar-refractivity contribution in [3.63, 3.8) is 0 Å². The van der Waals surface area contributed by atoms with E-state index in [0.717, 1.165) is 22.2 Å². The first kappa shape index (κ1) is 15.4. The SMILES string of the molecule is CC(C)(C)OC(=O)N1CCc2c(n(C(N)=O)c3ccccc23)C1. The highest BCUT2D eigenvalue weighted by atomic mass is 16.6. The summed E-state index contributed by atoms with van der Waals surface area (Å²) in [5.41, 5.74) is 7.66. The number of carbonyl (C=O) groups excluding carboxylic acids is 2. The third-order valence-corrected chi connectivity index (χ3v) is 3.93. The molecule has 0 saturated carbocycles. The molecule has 2 N–H and O–H groups in total. The molecule has 2 heterocycles. The van der Waals surface area contributed by atoms with Crippen molar-refractivity contribution in [1.29, 1.82) is 0 Å². The molecule has 23 heavy (non-hydrogen) atoms. The van der Waals surface area contributed by atoms with Gasteiger partial charge in [0.2, 0.25) is 0 Å². The molecule has 6 nitrogen and oxygen atoms in total. The topological polar surface area (TPSA) is 77.6 Å². The van der Waals surface area contributed by atoms with Gasteiger partial charge in [-0.2, -0.15) is 0 Å². The van der Waals surface area contributed by atoms with Crippen LogP contribution >= 0.6 is 0 Å². The van der Waals surface area contributed by atoms with E-state index in [1.165, 1.54) is 4.57 Å². The summed E-state index contributed by atoms with van der Waals surface area (Å²) in [5, 5.41) is 1.02. The number of primary amides is 1. The number of nitrogens with zero attached hydrogens (tertiary/aromatic N) is 2. The predicted molar refractivity (Wildman–Crippen MR) is 87.3 cm³/mol. The van der Waals surface area contributed by atoms with E-state index in [-0.39, 0.29) is 6.09 Å². The number of carbonyl (C=O) groups is 2. The van der Waals surface area contributed by atoms with Crippen LogP contribution in [0.3, 0.4) is 0 Å². The Morgan fingerprint density at radius 1 is 1.22 bits per heavy atom. The highest BCUT2D eigenvalue weighted by molar-refractivity contribution is 5.95. The van der Waals surface area contributed by atoms with E-state index < -0.39 is 11.6 Å². The van der Waals surface area contributed by atoms with Gasteiger partial charge in [-0.25, -0.2) is 9.59 Å². The van der Waals surface area contributed by atoms with Crippen molar-refractivity contribution in [2.24, 2.45) is 5.73 Å². The molecule has 0 atom stereocenters. The summed E-state index contributed by atoms with van der Waals surface area (Å²) in [6, 6.07) is 7.13. The maximum absolute atomic E-state index is 12.3. The zero-order valence-corrected chi connectivity index (χ0v) is 13.6. The Balaban J connectivity index is 2.00. The molecule has 0 radical (unpaired) electrons. The summed E-state index contributed by atoms with van der Waals surface area (Å²) in [7, 11) is 0. The molecule has 1 aromatic carbocycles. The van der Waals surface area contributed by atoms with Crippen LogP contribution < -0.4 is 5.73 Å². The number of nitrogens with two attached hydrogens (primary N) is 1. The minimum Gasteiger partial charge on any atom is -0.444 e. The van der Waals surface area contributed by atoms with E-state index in [4.69, 9.17) is 10.5 Å². The zero-order valence-electron chi connectivity index (χ0n) is 13.6. The van der Waals surface area contributed by atoms with Gasteiger partial charge in [0.15, 0.2) is 0 Å². The molecule has 0 saturated heterocycles. The van der Waals surface area contributed by atoms with Gasteiger partial charge >= 0.3 is 12.1 Å². The Labute approximate surface area is 134 Å². The van der Waals surface area contributed by atoms with Crippen molar-refractivity contribution < 1.29 is 14.3 Å². The van der Waals surface area contributed by atoms with E-state index in [9.17, 15) is 9.59 Å². The summed E-state index contributed by atoms with van der Waals surface area (Å²) >= 11 is 0. The minimum absolute atomic E-state index is 0.321. The number of benzene rings is 1. The van der Waals surface area contributed by atoms with Crippen LogP contribution in [0.15, 0.2) is 24.3 Å². The summed E-state index contributed by atoms with van der Waals surface area (Å²) in [4.78, 5) is 25.8. The summed E-state index contributed by atoms with van der Waals surface area (Å²) in [6.45, 7) is 6.39. The highest BCUT2D eigenvalue weighted by Gasteiger charge is 2.30. The van der Waals surface area contributed by atoms with Gasteiger partial charge in [-0.1, -0.05) is 18.2 Å². The smallest absolute Gasteiger partial charge is 0.410 e. The van der Waals surface area contributed by atoms with Gasteiger partial charge in [0.05, 0.1) is 17.8 Å². The number of amides is 2. The van der Waals surface area contributed by atoms with E-state index >= 15 is 0 Å². The molecule has 1 aliphatic heterocycles. The van der Waals surface area contributed by atoms with Crippen molar-refractivity contribution >= 4 is 23.0 Å². The predicted octanol–water partition coefficient (Wildman–Crippen LogP) is 2.86. The van der Waals surface area contributed by atoms with Crippen molar-refractivity contribution in [3.05, 3.63) is 35.5 Å². The standard InChI is InChI=1S/C17H21N3O3/c1-17(2,3)23-16(22)19-9-8-12-11-6-4-5-7-13(11)20(15(18)21)14(12)10-19/h4-7H,8-10H2,1-3H3,(H2,18,21). The first-order valence-corrected chi connectivity index (χ1v) is 7.67. The van der Waals surface area contributed by atoms with Crippen LogP contribution in [-0.2, 0) is 17.7 Å². The lowest BCUT2D eigenvalue weighted by molar-refractivity contribution is 0.0220. The number of aromatic nitrogens is 1. The molecule has 1 aliphatic rings. The van der Waals surface area contributed by atoms with Crippen LogP contribution in [0.5, 0.6) is 0 Å². The van der Waals surface area contributed by atoms with Gasteiger partial charge in [0.1, 0.15) is 5.60 Å². The molecular weight excluding hydrogens is 294 g/mol. The van der Waals surface area contributed by atoms with Gasteiger partial charge in [-0.15, -0.1) is 0 Å². The van der Waals surface area contributed by atoms with E-state index in [1.54, 1.807) is 4.90 Å². The Bertz CT molecular complexity index is 786. The van der Waals surface area contributed by atoms with Crippen molar-refractivity contribution in [2.75, 3.05) is 6.54 Å². The maximum Gasteiger partial charge on any atom is 0.410 e. The Morgan fingerprint density at radius 2 is 1.91 bits per heavy atom. The van der Waals surface area contributed by atoms with E-state index in [1.807, 2.05) is 45.0 Å². The number of fused-ring (bicyclic) bond motifs is 3. The largest absolute Gasteiger partial charge is 0.444 e. The normalized spacial score (nSPS) is 14.7. The van der Waals surface area contributed by atoms with E-state index in [2.05, 4.69) is 0 Å². The molecule has 0 bridgehead atoms. The van der Waals surface area contributed by atoms with Crippen LogP contribution in [0.1, 0.15) is 32.0 Å². The molecule has 2 amide bonds. The molecule has 0 unspecified atom stereocenters. The molecule has 1 aromatic heterocycles. The summed E-state index contributed by atoms with van der Waals surface area (Å²) < 4.78 is 6.93. The number of para-hydroxylation sites is 1. The van der Waals surface area contributed by atoms with Crippen molar-refractivity contribution in [2.45, 2.75) is 39.3 Å².